The first-order chi connectivity index (χ1) is 8.61. The van der Waals surface area contributed by atoms with Gasteiger partial charge in [0.1, 0.15) is 5.54 Å². The monoisotopic (exact) mass is 257 g/mol. The van der Waals surface area contributed by atoms with E-state index in [2.05, 4.69) is 5.32 Å². The molecule has 3 heteroatoms. The summed E-state index contributed by atoms with van der Waals surface area (Å²) in [5.74, 6) is 0.0613. The fourth-order valence-corrected chi connectivity index (χ4v) is 2.56. The van der Waals surface area contributed by atoms with E-state index in [1.54, 1.807) is 12.1 Å². The first kappa shape index (κ1) is 11.3. The smallest absolute Gasteiger partial charge is 0.194 e. The molecule has 1 aliphatic heterocycles. The van der Waals surface area contributed by atoms with E-state index in [1.165, 1.54) is 0 Å². The number of benzene rings is 2. The molecule has 1 unspecified atom stereocenters. The molecular formula is C15H12ClNO. The number of hydrogen-bond donors (Lipinski definition) is 1. The minimum Gasteiger partial charge on any atom is -0.369 e. The molecular weight excluding hydrogens is 246 g/mol. The highest BCUT2D eigenvalue weighted by molar-refractivity contribution is 6.31. The number of Topliss-reactive ketones (excluding diaryl/α,β-unsaturated/α-hetero) is 1. The van der Waals surface area contributed by atoms with Crippen molar-refractivity contribution in [3.8, 4) is 0 Å². The zero-order valence-corrected chi connectivity index (χ0v) is 10.7. The highest BCUT2D eigenvalue weighted by Gasteiger charge is 2.42. The number of anilines is 1. The Bertz CT molecular complexity index is 624. The molecule has 1 atom stereocenters. The number of ketones is 1. The molecule has 1 aliphatic rings. The molecule has 0 fully saturated rings. The van der Waals surface area contributed by atoms with Crippen LogP contribution in [0.15, 0.2) is 48.5 Å². The van der Waals surface area contributed by atoms with Gasteiger partial charge in [-0.25, -0.2) is 0 Å². The molecule has 2 aromatic rings. The van der Waals surface area contributed by atoms with Crippen molar-refractivity contribution in [1.29, 1.82) is 0 Å². The summed E-state index contributed by atoms with van der Waals surface area (Å²) < 4.78 is 0. The van der Waals surface area contributed by atoms with Crippen molar-refractivity contribution < 1.29 is 4.79 Å². The summed E-state index contributed by atoms with van der Waals surface area (Å²) in [5, 5.41) is 3.88. The Morgan fingerprint density at radius 3 is 2.56 bits per heavy atom. The molecule has 3 rings (SSSR count). The second kappa shape index (κ2) is 3.85. The van der Waals surface area contributed by atoms with Gasteiger partial charge < -0.3 is 5.32 Å². The van der Waals surface area contributed by atoms with Gasteiger partial charge in [0.15, 0.2) is 5.78 Å². The maximum absolute atomic E-state index is 12.6. The average molecular weight is 258 g/mol. The lowest BCUT2D eigenvalue weighted by Crippen LogP contribution is -2.34. The highest BCUT2D eigenvalue weighted by atomic mass is 35.5. The van der Waals surface area contributed by atoms with Gasteiger partial charge in [0.25, 0.3) is 0 Å². The lowest BCUT2D eigenvalue weighted by molar-refractivity contribution is 0.0928. The molecule has 2 nitrogen and oxygen atoms in total. The summed E-state index contributed by atoms with van der Waals surface area (Å²) in [4.78, 5) is 12.6. The number of carbonyl (C=O) groups excluding carboxylic acids is 1. The molecule has 90 valence electrons. The Labute approximate surface area is 111 Å². The number of halogens is 1. The number of carbonyl (C=O) groups is 1. The van der Waals surface area contributed by atoms with Gasteiger partial charge in [-0.15, -0.1) is 0 Å². The first-order valence-corrected chi connectivity index (χ1v) is 6.17. The van der Waals surface area contributed by atoms with Crippen molar-refractivity contribution >= 4 is 23.1 Å². The lowest BCUT2D eigenvalue weighted by atomic mass is 9.88. The summed E-state index contributed by atoms with van der Waals surface area (Å²) >= 11 is 5.95. The summed E-state index contributed by atoms with van der Waals surface area (Å²) in [7, 11) is 0. The van der Waals surface area contributed by atoms with Crippen LogP contribution in [0.5, 0.6) is 0 Å². The van der Waals surface area contributed by atoms with Crippen LogP contribution in [-0.4, -0.2) is 5.78 Å². The van der Waals surface area contributed by atoms with E-state index in [0.29, 0.717) is 10.6 Å². The van der Waals surface area contributed by atoms with Gasteiger partial charge in [-0.3, -0.25) is 4.79 Å². The Morgan fingerprint density at radius 2 is 1.83 bits per heavy atom. The number of rotatable bonds is 1. The Hall–Kier alpha value is -1.80. The average Bonchev–Trinajstić information content (AvgIpc) is 2.65. The maximum Gasteiger partial charge on any atom is 0.194 e. The normalized spacial score (nSPS) is 21.6. The minimum atomic E-state index is -0.700. The summed E-state index contributed by atoms with van der Waals surface area (Å²) in [5.41, 5.74) is 1.76. The van der Waals surface area contributed by atoms with Crippen LogP contribution in [0.3, 0.4) is 0 Å². The van der Waals surface area contributed by atoms with E-state index >= 15 is 0 Å². The maximum atomic E-state index is 12.6. The van der Waals surface area contributed by atoms with E-state index < -0.39 is 5.54 Å². The van der Waals surface area contributed by atoms with E-state index in [1.807, 2.05) is 43.3 Å². The van der Waals surface area contributed by atoms with Crippen molar-refractivity contribution in [2.45, 2.75) is 12.5 Å². The second-order valence-corrected chi connectivity index (χ2v) is 5.07. The van der Waals surface area contributed by atoms with Gasteiger partial charge in [0, 0.05) is 16.3 Å². The van der Waals surface area contributed by atoms with Crippen LogP contribution < -0.4 is 5.32 Å². The molecule has 0 aromatic heterocycles. The number of hydrogen-bond acceptors (Lipinski definition) is 2. The Kier molecular flexibility index (Phi) is 2.42. The van der Waals surface area contributed by atoms with Gasteiger partial charge in [0.05, 0.1) is 0 Å². The second-order valence-electron chi connectivity index (χ2n) is 4.64. The molecule has 0 bridgehead atoms. The van der Waals surface area contributed by atoms with Crippen LogP contribution in [0.1, 0.15) is 22.8 Å². The van der Waals surface area contributed by atoms with Crippen LogP contribution in [0.4, 0.5) is 5.69 Å². The third kappa shape index (κ3) is 1.53. The van der Waals surface area contributed by atoms with Crippen molar-refractivity contribution in [3.05, 3.63) is 64.7 Å². The highest BCUT2D eigenvalue weighted by Crippen LogP contribution is 2.39. The Balaban J connectivity index is 2.12. The van der Waals surface area contributed by atoms with Gasteiger partial charge in [0.2, 0.25) is 0 Å². The standard InChI is InChI=1S/C15H12ClNO/c1-15(10-5-3-2-4-6-10)14(18)12-9-11(16)7-8-13(12)17-15/h2-9,17H,1H3. The van der Waals surface area contributed by atoms with Crippen molar-refractivity contribution in [2.24, 2.45) is 0 Å². The van der Waals surface area contributed by atoms with Crippen LogP contribution in [0.25, 0.3) is 0 Å². The molecule has 1 heterocycles. The predicted molar refractivity (Wildman–Crippen MR) is 73.2 cm³/mol. The van der Waals surface area contributed by atoms with E-state index in [-0.39, 0.29) is 5.78 Å². The van der Waals surface area contributed by atoms with Gasteiger partial charge in [-0.05, 0) is 30.7 Å². The topological polar surface area (TPSA) is 29.1 Å². The molecule has 1 N–H and O–H groups in total. The fourth-order valence-electron chi connectivity index (χ4n) is 2.38. The third-order valence-electron chi connectivity index (χ3n) is 3.42. The van der Waals surface area contributed by atoms with Crippen LogP contribution in [0.2, 0.25) is 5.02 Å². The van der Waals surface area contributed by atoms with Gasteiger partial charge in [-0.1, -0.05) is 41.9 Å². The molecule has 0 amide bonds. The van der Waals surface area contributed by atoms with Crippen LogP contribution in [0, 0.1) is 0 Å². The SMILES string of the molecule is CC1(c2ccccc2)Nc2ccc(Cl)cc2C1=O. The minimum absolute atomic E-state index is 0.0613. The van der Waals surface area contributed by atoms with Crippen LogP contribution >= 0.6 is 11.6 Å². The molecule has 0 spiro atoms. The molecule has 0 aliphatic carbocycles. The van der Waals surface area contributed by atoms with Gasteiger partial charge in [-0.2, -0.15) is 0 Å². The molecule has 0 saturated carbocycles. The molecule has 0 saturated heterocycles. The van der Waals surface area contributed by atoms with Gasteiger partial charge >= 0.3 is 0 Å². The van der Waals surface area contributed by atoms with E-state index in [9.17, 15) is 4.79 Å². The predicted octanol–water partition coefficient (Wildman–Crippen LogP) is 3.86. The zero-order chi connectivity index (χ0) is 12.8. The Morgan fingerprint density at radius 1 is 1.11 bits per heavy atom. The first-order valence-electron chi connectivity index (χ1n) is 5.79. The fraction of sp³-hybridized carbons (Fsp3) is 0.133. The number of fused-ring (bicyclic) bond motifs is 1. The molecule has 18 heavy (non-hydrogen) atoms. The summed E-state index contributed by atoms with van der Waals surface area (Å²) in [6.07, 6.45) is 0. The summed E-state index contributed by atoms with van der Waals surface area (Å²) in [6.45, 7) is 1.90. The quantitative estimate of drug-likeness (QED) is 0.840. The van der Waals surface area contributed by atoms with Crippen molar-refractivity contribution in [3.63, 3.8) is 0 Å². The van der Waals surface area contributed by atoms with E-state index in [0.717, 1.165) is 11.3 Å². The van der Waals surface area contributed by atoms with E-state index in [4.69, 9.17) is 11.6 Å². The van der Waals surface area contributed by atoms with Crippen molar-refractivity contribution in [2.75, 3.05) is 5.32 Å². The van der Waals surface area contributed by atoms with Crippen molar-refractivity contribution in [1.82, 2.24) is 0 Å². The zero-order valence-electron chi connectivity index (χ0n) is 9.91. The third-order valence-corrected chi connectivity index (χ3v) is 3.65. The summed E-state index contributed by atoms with van der Waals surface area (Å²) in [6, 6.07) is 15.1. The molecule has 2 aromatic carbocycles. The lowest BCUT2D eigenvalue weighted by Gasteiger charge is -2.23. The van der Waals surface area contributed by atoms with Crippen LogP contribution in [-0.2, 0) is 5.54 Å². The number of nitrogens with one attached hydrogen (secondary N) is 1. The largest absolute Gasteiger partial charge is 0.369 e. The molecule has 0 radical (unpaired) electrons.